The lowest BCUT2D eigenvalue weighted by Gasteiger charge is -2.35. The molecule has 0 aliphatic carbocycles. The number of hydrazine groups is 1. The van der Waals surface area contributed by atoms with Gasteiger partial charge in [-0.3, -0.25) is 16.5 Å². The smallest absolute Gasteiger partial charge is 0.272 e. The average molecular weight is 594 g/mol. The molecule has 1 aromatic heterocycles. The van der Waals surface area contributed by atoms with Crippen molar-refractivity contribution in [3.05, 3.63) is 105 Å². The molecule has 0 bridgehead atoms. The maximum atomic E-state index is 12.7. The number of anilines is 1. The van der Waals surface area contributed by atoms with Crippen molar-refractivity contribution in [2.75, 3.05) is 31.7 Å². The van der Waals surface area contributed by atoms with E-state index in [9.17, 15) is 4.79 Å². The Bertz CT molecular complexity index is 1500. The minimum atomic E-state index is -0.470. The summed E-state index contributed by atoms with van der Waals surface area (Å²) in [6.07, 6.45) is -0.925. The Morgan fingerprint density at radius 3 is 1.84 bits per heavy atom. The number of aromatic nitrogens is 2. The van der Waals surface area contributed by atoms with Crippen molar-refractivity contribution in [1.29, 1.82) is 0 Å². The van der Waals surface area contributed by atoms with Gasteiger partial charge in [-0.1, -0.05) is 42.5 Å². The molecule has 8 N–H and O–H groups in total. The first-order valence-corrected chi connectivity index (χ1v) is 14.4. The van der Waals surface area contributed by atoms with Crippen molar-refractivity contribution >= 4 is 16.5 Å². The fourth-order valence-electron chi connectivity index (χ4n) is 5.51. The van der Waals surface area contributed by atoms with Gasteiger partial charge < -0.3 is 29.7 Å². The second kappa shape index (κ2) is 16.2. The Morgan fingerprint density at radius 1 is 0.767 bits per heavy atom. The monoisotopic (exact) mass is 593 g/mol. The minimum absolute atomic E-state index is 0. The Hall–Kier alpha value is -3.68. The lowest BCUT2D eigenvalue weighted by atomic mass is 9.79. The molecule has 3 aromatic carbocycles. The molecule has 232 valence electrons. The molecule has 1 aliphatic heterocycles. The van der Waals surface area contributed by atoms with Crippen molar-refractivity contribution in [2.24, 2.45) is 11.7 Å². The van der Waals surface area contributed by atoms with Gasteiger partial charge in [0.25, 0.3) is 5.56 Å². The second-order valence-corrected chi connectivity index (χ2v) is 9.59. The highest BCUT2D eigenvalue weighted by Gasteiger charge is 2.35. The highest BCUT2D eigenvalue weighted by atomic mass is 16.7. The van der Waals surface area contributed by atoms with Crippen LogP contribution in [0.5, 0.6) is 0 Å². The van der Waals surface area contributed by atoms with E-state index in [1.165, 1.54) is 0 Å². The molecule has 2 atom stereocenters. The number of nitrogens with one attached hydrogen (secondary N) is 2. The van der Waals surface area contributed by atoms with Gasteiger partial charge in [0.05, 0.1) is 23.0 Å². The molecule has 0 saturated heterocycles. The van der Waals surface area contributed by atoms with E-state index in [1.807, 2.05) is 70.2 Å². The number of hydrogen-bond acceptors (Lipinski definition) is 9. The third-order valence-corrected chi connectivity index (χ3v) is 7.14. The predicted octanol–water partition coefficient (Wildman–Crippen LogP) is 4.36. The van der Waals surface area contributed by atoms with E-state index in [0.29, 0.717) is 31.8 Å². The Morgan fingerprint density at radius 2 is 1.28 bits per heavy atom. The second-order valence-electron chi connectivity index (χ2n) is 9.59. The zero-order chi connectivity index (χ0) is 30.1. The highest BCUT2D eigenvalue weighted by molar-refractivity contribution is 5.97. The topological polar surface area (TPSA) is 178 Å². The number of nitrogens with zero attached hydrogens (tertiary/aromatic N) is 1. The van der Waals surface area contributed by atoms with E-state index in [-0.39, 0.29) is 23.0 Å². The summed E-state index contributed by atoms with van der Waals surface area (Å²) in [4.78, 5) is 12.7. The molecule has 0 fully saturated rings. The third kappa shape index (κ3) is 7.28. The molecule has 1 aliphatic rings. The van der Waals surface area contributed by atoms with Crippen LogP contribution in [0.4, 0.5) is 5.69 Å². The van der Waals surface area contributed by atoms with Crippen LogP contribution in [0.15, 0.2) is 71.5 Å². The summed E-state index contributed by atoms with van der Waals surface area (Å²) >= 11 is 0. The van der Waals surface area contributed by atoms with Crippen molar-refractivity contribution < 1.29 is 24.4 Å². The van der Waals surface area contributed by atoms with Crippen LogP contribution in [0, 0.1) is 0 Å². The largest absolute Gasteiger partial charge is 0.412 e. The van der Waals surface area contributed by atoms with E-state index in [0.717, 1.165) is 39.0 Å². The molecular formula is C32H43N5O6. The van der Waals surface area contributed by atoms with Gasteiger partial charge in [-0.05, 0) is 63.1 Å². The molecule has 0 radical (unpaired) electrons. The van der Waals surface area contributed by atoms with E-state index in [4.69, 9.17) is 18.9 Å². The van der Waals surface area contributed by atoms with Gasteiger partial charge in [-0.15, -0.1) is 0 Å². The number of rotatable bonds is 12. The summed E-state index contributed by atoms with van der Waals surface area (Å²) in [6.45, 7) is 9.99. The van der Waals surface area contributed by atoms with Gasteiger partial charge in [-0.2, -0.15) is 5.10 Å². The molecule has 11 nitrogen and oxygen atoms in total. The third-order valence-electron chi connectivity index (χ3n) is 7.14. The summed E-state index contributed by atoms with van der Waals surface area (Å²) in [7, 11) is 0. The van der Waals surface area contributed by atoms with Crippen LogP contribution in [0.3, 0.4) is 0 Å². The van der Waals surface area contributed by atoms with Gasteiger partial charge in [0.15, 0.2) is 12.6 Å². The van der Waals surface area contributed by atoms with Crippen molar-refractivity contribution in [3.63, 3.8) is 0 Å². The predicted molar refractivity (Wildman–Crippen MR) is 167 cm³/mol. The molecule has 2 unspecified atom stereocenters. The number of aromatic amines is 1. The van der Waals surface area contributed by atoms with Gasteiger partial charge in [0, 0.05) is 48.6 Å². The lowest BCUT2D eigenvalue weighted by Crippen LogP contribution is -2.28. The van der Waals surface area contributed by atoms with Crippen LogP contribution in [0.25, 0.3) is 10.8 Å². The van der Waals surface area contributed by atoms with Crippen LogP contribution in [-0.4, -0.2) is 42.1 Å². The Balaban J connectivity index is 0.00000165. The molecule has 43 heavy (non-hydrogen) atoms. The first-order valence-electron chi connectivity index (χ1n) is 14.4. The maximum absolute atomic E-state index is 12.7. The molecule has 4 aromatic rings. The maximum Gasteiger partial charge on any atom is 0.272 e. The van der Waals surface area contributed by atoms with E-state index in [2.05, 4.69) is 51.5 Å². The number of H-pyrrole nitrogens is 1. The number of ether oxygens (including phenoxy) is 4. The van der Waals surface area contributed by atoms with Crippen LogP contribution >= 0.6 is 0 Å². The van der Waals surface area contributed by atoms with Gasteiger partial charge in [0.2, 0.25) is 0 Å². The van der Waals surface area contributed by atoms with Gasteiger partial charge >= 0.3 is 0 Å². The van der Waals surface area contributed by atoms with E-state index < -0.39 is 12.6 Å². The first-order chi connectivity index (χ1) is 20.6. The summed E-state index contributed by atoms with van der Waals surface area (Å²) < 4.78 is 23.6. The zero-order valence-corrected chi connectivity index (χ0v) is 25.1. The fraction of sp³-hybridized carbons (Fsp3) is 0.375. The molecule has 5 rings (SSSR count). The van der Waals surface area contributed by atoms with Crippen molar-refractivity contribution in [1.82, 2.24) is 10.2 Å². The average Bonchev–Trinajstić information content (AvgIpc) is 3.03. The van der Waals surface area contributed by atoms with Crippen LogP contribution in [-0.2, 0) is 18.9 Å². The number of benzene rings is 3. The molecule has 0 spiro atoms. The molecular weight excluding hydrogens is 550 g/mol. The van der Waals surface area contributed by atoms with Crippen LogP contribution < -0.4 is 22.6 Å². The molecule has 2 heterocycles. The summed E-state index contributed by atoms with van der Waals surface area (Å²) in [6, 6.07) is 22.1. The summed E-state index contributed by atoms with van der Waals surface area (Å²) in [5.41, 5.74) is 5.45. The SMILES string of the molecule is CCOC(OCC)c1cccc(C2Nc3cccc4c(=O)[nH]nc(c34)C2c2cccc(C(OCC)OCC)c2)c1.NN.O. The van der Waals surface area contributed by atoms with Gasteiger partial charge in [-0.25, -0.2) is 5.10 Å². The van der Waals surface area contributed by atoms with E-state index in [1.54, 1.807) is 0 Å². The molecule has 11 heteroatoms. The first kappa shape index (κ1) is 33.8. The standard InChI is InChI=1S/C32H37N3O5.H4N2.H2O/c1-5-37-31(38-6-2)22-14-9-12-20(18-22)26-28(21-13-10-15-23(19-21)32(39-7-3)40-8-4)33-25-17-11-16-24-27(25)29(26)34-35-30(24)36;1-2;/h9-19,26,28,31-33H,5-8H2,1-4H3,(H,35,36);1-2H2;1H2. The highest BCUT2D eigenvalue weighted by Crippen LogP contribution is 2.47. The zero-order valence-electron chi connectivity index (χ0n) is 25.1. The Kier molecular flexibility index (Phi) is 12.8. The van der Waals surface area contributed by atoms with Crippen molar-refractivity contribution in [3.8, 4) is 0 Å². The molecule has 0 saturated carbocycles. The summed E-state index contributed by atoms with van der Waals surface area (Å²) in [5, 5.41) is 12.6. The molecule has 0 amide bonds. The van der Waals surface area contributed by atoms with Crippen LogP contribution in [0.2, 0.25) is 0 Å². The van der Waals surface area contributed by atoms with Crippen LogP contribution in [0.1, 0.15) is 80.2 Å². The number of hydrogen-bond donors (Lipinski definition) is 4. The van der Waals surface area contributed by atoms with Crippen molar-refractivity contribution in [2.45, 2.75) is 52.2 Å². The quantitative estimate of drug-likeness (QED) is 0.105. The number of nitrogens with two attached hydrogens (primary N) is 2. The minimum Gasteiger partial charge on any atom is -0.412 e. The lowest BCUT2D eigenvalue weighted by molar-refractivity contribution is -0.140. The fourth-order valence-corrected chi connectivity index (χ4v) is 5.51. The van der Waals surface area contributed by atoms with Gasteiger partial charge in [0.1, 0.15) is 0 Å². The normalized spacial score (nSPS) is 15.5. The Labute approximate surface area is 251 Å². The van der Waals surface area contributed by atoms with E-state index >= 15 is 0 Å². The summed E-state index contributed by atoms with van der Waals surface area (Å²) in [5.74, 6) is 7.78.